The van der Waals surface area contributed by atoms with Gasteiger partial charge in [-0.2, -0.15) is 0 Å². The average Bonchev–Trinajstić information content (AvgIpc) is 2.75. The molecule has 4 heteroatoms. The third-order valence-electron chi connectivity index (χ3n) is 4.84. The topological polar surface area (TPSA) is 52.9 Å². The second-order valence-electron chi connectivity index (χ2n) is 6.32. The van der Waals surface area contributed by atoms with Gasteiger partial charge >= 0.3 is 0 Å². The van der Waals surface area contributed by atoms with E-state index in [0.29, 0.717) is 6.42 Å². The molecular weight excluding hydrogens is 290 g/mol. The molecule has 2 N–H and O–H groups in total. The van der Waals surface area contributed by atoms with E-state index < -0.39 is 12.2 Å². The zero-order valence-electron chi connectivity index (χ0n) is 12.9. The van der Waals surface area contributed by atoms with Crippen LogP contribution in [0.2, 0.25) is 0 Å². The van der Waals surface area contributed by atoms with Crippen LogP contribution in [-0.2, 0) is 0 Å². The smallest absolute Gasteiger partial charge is 0.151 e. The maximum atomic E-state index is 10.7. The normalized spacial score (nSPS) is 26.7. The summed E-state index contributed by atoms with van der Waals surface area (Å²) >= 11 is 0. The molecule has 0 spiro atoms. The minimum Gasteiger partial charge on any atom is -0.453 e. The predicted molar refractivity (Wildman–Crippen MR) is 89.4 cm³/mol. The fourth-order valence-corrected chi connectivity index (χ4v) is 3.68. The minimum atomic E-state index is -0.767. The lowest BCUT2D eigenvalue weighted by atomic mass is 9.99. The summed E-state index contributed by atoms with van der Waals surface area (Å²) in [5.74, 6) is 1.58. The summed E-state index contributed by atoms with van der Waals surface area (Å²) in [6.45, 7) is 0. The van der Waals surface area contributed by atoms with Gasteiger partial charge in [0.2, 0.25) is 0 Å². The number of benzene rings is 2. The summed E-state index contributed by atoms with van der Waals surface area (Å²) in [5.41, 5.74) is 1.90. The Morgan fingerprint density at radius 2 is 1.39 bits per heavy atom. The fourth-order valence-electron chi connectivity index (χ4n) is 3.68. The van der Waals surface area contributed by atoms with Crippen molar-refractivity contribution < 1.29 is 14.9 Å². The SMILES string of the molecule is O[C@H]1[C@@H](O)CCCC[C@@H]1N1c2ccccc2Oc2ccccc21. The van der Waals surface area contributed by atoms with Crippen molar-refractivity contribution in [2.75, 3.05) is 4.90 Å². The fraction of sp³-hybridized carbons (Fsp3) is 0.368. The number of fused-ring (bicyclic) bond motifs is 2. The van der Waals surface area contributed by atoms with Crippen LogP contribution in [0, 0.1) is 0 Å². The molecule has 4 rings (SSSR count). The molecule has 0 saturated heterocycles. The van der Waals surface area contributed by atoms with E-state index >= 15 is 0 Å². The van der Waals surface area contributed by atoms with Crippen molar-refractivity contribution in [1.82, 2.24) is 0 Å². The summed E-state index contributed by atoms with van der Waals surface area (Å²) in [6, 6.07) is 15.6. The average molecular weight is 311 g/mol. The largest absolute Gasteiger partial charge is 0.453 e. The lowest BCUT2D eigenvalue weighted by Crippen LogP contribution is -2.46. The van der Waals surface area contributed by atoms with Crippen molar-refractivity contribution in [3.8, 4) is 11.5 Å². The van der Waals surface area contributed by atoms with E-state index in [9.17, 15) is 10.2 Å². The van der Waals surface area contributed by atoms with Gasteiger partial charge in [0.15, 0.2) is 11.5 Å². The zero-order valence-corrected chi connectivity index (χ0v) is 12.9. The molecule has 0 bridgehead atoms. The molecule has 120 valence electrons. The Bertz CT molecular complexity index is 657. The van der Waals surface area contributed by atoms with E-state index in [4.69, 9.17) is 4.74 Å². The van der Waals surface area contributed by atoms with E-state index in [1.165, 1.54) is 0 Å². The second-order valence-corrected chi connectivity index (χ2v) is 6.32. The van der Waals surface area contributed by atoms with Crippen LogP contribution in [0.4, 0.5) is 11.4 Å². The first-order valence-corrected chi connectivity index (χ1v) is 8.27. The Morgan fingerprint density at radius 1 is 0.826 bits per heavy atom. The van der Waals surface area contributed by atoms with Gasteiger partial charge in [-0.1, -0.05) is 37.1 Å². The third-order valence-corrected chi connectivity index (χ3v) is 4.84. The first-order chi connectivity index (χ1) is 11.3. The molecule has 2 aliphatic rings. The Labute approximate surface area is 135 Å². The van der Waals surface area contributed by atoms with Gasteiger partial charge in [-0.05, 0) is 37.1 Å². The van der Waals surface area contributed by atoms with Crippen LogP contribution in [0.15, 0.2) is 48.5 Å². The molecule has 4 nitrogen and oxygen atoms in total. The molecule has 1 aliphatic heterocycles. The maximum absolute atomic E-state index is 10.7. The third kappa shape index (κ3) is 2.48. The van der Waals surface area contributed by atoms with Gasteiger partial charge in [0.25, 0.3) is 0 Å². The van der Waals surface area contributed by atoms with Gasteiger partial charge in [-0.3, -0.25) is 0 Å². The molecule has 0 radical (unpaired) electrons. The number of anilines is 2. The number of rotatable bonds is 1. The van der Waals surface area contributed by atoms with Crippen molar-refractivity contribution in [1.29, 1.82) is 0 Å². The summed E-state index contributed by atoms with van der Waals surface area (Å²) in [6.07, 6.45) is 2.01. The van der Waals surface area contributed by atoms with Gasteiger partial charge in [0, 0.05) is 0 Å². The first kappa shape index (κ1) is 14.5. The summed E-state index contributed by atoms with van der Waals surface area (Å²) < 4.78 is 6.01. The predicted octanol–water partition coefficient (Wildman–Crippen LogP) is 3.59. The van der Waals surface area contributed by atoms with Crippen molar-refractivity contribution in [2.24, 2.45) is 0 Å². The van der Waals surface area contributed by atoms with Crippen LogP contribution in [0.5, 0.6) is 11.5 Å². The van der Waals surface area contributed by atoms with Gasteiger partial charge in [0.1, 0.15) is 6.10 Å². The lowest BCUT2D eigenvalue weighted by Gasteiger charge is -2.40. The molecule has 23 heavy (non-hydrogen) atoms. The molecule has 0 aromatic heterocycles. The highest BCUT2D eigenvalue weighted by Crippen LogP contribution is 2.48. The number of hydrogen-bond donors (Lipinski definition) is 2. The van der Waals surface area contributed by atoms with Crippen molar-refractivity contribution in [2.45, 2.75) is 43.9 Å². The molecular formula is C19H21NO3. The van der Waals surface area contributed by atoms with Crippen LogP contribution >= 0.6 is 0 Å². The van der Waals surface area contributed by atoms with Gasteiger partial charge < -0.3 is 19.8 Å². The van der Waals surface area contributed by atoms with E-state index in [0.717, 1.165) is 42.1 Å². The number of nitrogens with zero attached hydrogens (tertiary/aromatic N) is 1. The van der Waals surface area contributed by atoms with Crippen LogP contribution in [0.25, 0.3) is 0 Å². The number of ether oxygens (including phenoxy) is 1. The molecule has 2 aromatic rings. The van der Waals surface area contributed by atoms with E-state index in [-0.39, 0.29) is 6.04 Å². The van der Waals surface area contributed by atoms with Crippen molar-refractivity contribution >= 4 is 11.4 Å². The van der Waals surface area contributed by atoms with Gasteiger partial charge in [-0.15, -0.1) is 0 Å². The monoisotopic (exact) mass is 311 g/mol. The minimum absolute atomic E-state index is 0.154. The highest BCUT2D eigenvalue weighted by atomic mass is 16.5. The highest BCUT2D eigenvalue weighted by molar-refractivity contribution is 5.78. The Kier molecular flexibility index (Phi) is 3.71. The molecule has 1 saturated carbocycles. The van der Waals surface area contributed by atoms with Crippen LogP contribution in [0.3, 0.4) is 0 Å². The summed E-state index contributed by atoms with van der Waals surface area (Å²) in [4.78, 5) is 2.15. The second kappa shape index (κ2) is 5.87. The van der Waals surface area contributed by atoms with Crippen molar-refractivity contribution in [3.05, 3.63) is 48.5 Å². The van der Waals surface area contributed by atoms with Gasteiger partial charge in [0.05, 0.1) is 23.5 Å². The number of aliphatic hydroxyl groups excluding tert-OH is 2. The molecule has 1 aliphatic carbocycles. The number of aliphatic hydroxyl groups is 2. The van der Waals surface area contributed by atoms with E-state index in [2.05, 4.69) is 4.90 Å². The quantitative estimate of drug-likeness (QED) is 0.790. The van der Waals surface area contributed by atoms with Gasteiger partial charge in [-0.25, -0.2) is 0 Å². The standard InChI is InChI=1S/C19H21NO3/c21-16-10-4-1-9-15(19(16)22)20-13-7-2-5-11-17(13)23-18-12-6-3-8-14(18)20/h2-3,5-8,11-12,15-16,19,21-22H,1,4,9-10H2/t15-,16-,19+/m0/s1. The number of hydrogen-bond acceptors (Lipinski definition) is 4. The molecule has 1 fully saturated rings. The maximum Gasteiger partial charge on any atom is 0.151 e. The van der Waals surface area contributed by atoms with Crippen LogP contribution in [0.1, 0.15) is 25.7 Å². The summed E-state index contributed by atoms with van der Waals surface area (Å²) in [5, 5.41) is 20.9. The zero-order chi connectivity index (χ0) is 15.8. The first-order valence-electron chi connectivity index (χ1n) is 8.27. The molecule has 2 aromatic carbocycles. The van der Waals surface area contributed by atoms with Crippen LogP contribution in [-0.4, -0.2) is 28.5 Å². The Morgan fingerprint density at radius 3 is 2.04 bits per heavy atom. The molecule has 0 amide bonds. The van der Waals surface area contributed by atoms with E-state index in [1.54, 1.807) is 0 Å². The van der Waals surface area contributed by atoms with Crippen molar-refractivity contribution in [3.63, 3.8) is 0 Å². The lowest BCUT2D eigenvalue weighted by molar-refractivity contribution is 0.00561. The molecule has 1 heterocycles. The molecule has 3 atom stereocenters. The Balaban J connectivity index is 1.83. The molecule has 0 unspecified atom stereocenters. The van der Waals surface area contributed by atoms with E-state index in [1.807, 2.05) is 48.5 Å². The Hall–Kier alpha value is -2.04. The summed E-state index contributed by atoms with van der Waals surface area (Å²) in [7, 11) is 0. The number of para-hydroxylation sites is 4. The van der Waals surface area contributed by atoms with Crippen LogP contribution < -0.4 is 9.64 Å². The highest BCUT2D eigenvalue weighted by Gasteiger charge is 2.37.